The van der Waals surface area contributed by atoms with Gasteiger partial charge in [-0.15, -0.1) is 0 Å². The minimum absolute atomic E-state index is 0.00574. The van der Waals surface area contributed by atoms with Gasteiger partial charge in [-0.25, -0.2) is 4.98 Å². The Hall–Kier alpha value is -2.89. The van der Waals surface area contributed by atoms with Crippen LogP contribution >= 0.6 is 11.6 Å². The van der Waals surface area contributed by atoms with Crippen LogP contribution in [-0.2, 0) is 15.7 Å². The Bertz CT molecular complexity index is 1170. The highest BCUT2D eigenvalue weighted by Gasteiger charge is 2.38. The molecule has 8 nitrogen and oxygen atoms in total. The second kappa shape index (κ2) is 11.5. The van der Waals surface area contributed by atoms with Crippen LogP contribution in [0, 0.1) is 5.41 Å². The molecule has 2 aromatic rings. The Balaban J connectivity index is 1.49. The molecule has 38 heavy (non-hydrogen) atoms. The van der Waals surface area contributed by atoms with Crippen molar-refractivity contribution in [1.82, 2.24) is 20.1 Å². The third kappa shape index (κ3) is 7.15. The van der Waals surface area contributed by atoms with Crippen LogP contribution in [-0.4, -0.2) is 79.1 Å². The van der Waals surface area contributed by atoms with E-state index in [0.717, 1.165) is 44.1 Å². The molecule has 1 aliphatic heterocycles. The molecule has 1 atom stereocenters. The Morgan fingerprint density at radius 3 is 2.53 bits per heavy atom. The Morgan fingerprint density at radius 2 is 1.89 bits per heavy atom. The van der Waals surface area contributed by atoms with Crippen LogP contribution in [0.1, 0.15) is 35.7 Å². The smallest absolute Gasteiger partial charge is 0.416 e. The second-order valence-corrected chi connectivity index (χ2v) is 10.5. The average Bonchev–Trinajstić information content (AvgIpc) is 3.61. The number of nitrogens with one attached hydrogen (secondary N) is 1. The SMILES string of the molecule is CN1CCN(C(=O)[C@@H](COCC2(C)CC2)NC(=O)c2cccnc2Oc2ccc(C(F)(F)F)cc2Cl)CC1. The molecule has 1 aliphatic carbocycles. The number of carbonyl (C=O) groups is 2. The van der Waals surface area contributed by atoms with Gasteiger partial charge in [0, 0.05) is 32.4 Å². The summed E-state index contributed by atoms with van der Waals surface area (Å²) >= 11 is 6.02. The van der Waals surface area contributed by atoms with E-state index in [1.54, 1.807) is 4.90 Å². The maximum Gasteiger partial charge on any atom is 0.416 e. The number of alkyl halides is 3. The lowest BCUT2D eigenvalue weighted by molar-refractivity contribution is -0.138. The first-order chi connectivity index (χ1) is 17.9. The van der Waals surface area contributed by atoms with Crippen molar-refractivity contribution in [3.05, 3.63) is 52.7 Å². The lowest BCUT2D eigenvalue weighted by Crippen LogP contribution is -2.55. The van der Waals surface area contributed by atoms with E-state index in [2.05, 4.69) is 22.1 Å². The number of amides is 2. The number of aromatic nitrogens is 1. The van der Waals surface area contributed by atoms with Crippen molar-refractivity contribution < 1.29 is 32.2 Å². The predicted molar refractivity (Wildman–Crippen MR) is 134 cm³/mol. The Labute approximate surface area is 224 Å². The topological polar surface area (TPSA) is 84.0 Å². The highest BCUT2D eigenvalue weighted by molar-refractivity contribution is 6.32. The largest absolute Gasteiger partial charge is 0.437 e. The van der Waals surface area contributed by atoms with Crippen molar-refractivity contribution in [3.63, 3.8) is 0 Å². The number of nitrogens with zero attached hydrogens (tertiary/aromatic N) is 3. The van der Waals surface area contributed by atoms with Gasteiger partial charge in [-0.3, -0.25) is 9.59 Å². The lowest BCUT2D eigenvalue weighted by Gasteiger charge is -2.34. The summed E-state index contributed by atoms with van der Waals surface area (Å²) in [4.78, 5) is 34.5. The first-order valence-electron chi connectivity index (χ1n) is 12.3. The molecular weight excluding hydrogens is 525 g/mol. The molecule has 2 aliphatic rings. The lowest BCUT2D eigenvalue weighted by atomic mass is 10.1. The normalized spacial score (nSPS) is 18.1. The fourth-order valence-electron chi connectivity index (χ4n) is 3.95. The third-order valence-electron chi connectivity index (χ3n) is 6.74. The van der Waals surface area contributed by atoms with Gasteiger partial charge in [0.05, 0.1) is 23.8 Å². The summed E-state index contributed by atoms with van der Waals surface area (Å²) in [7, 11) is 1.98. The summed E-state index contributed by atoms with van der Waals surface area (Å²) in [5.41, 5.74) is -0.829. The quantitative estimate of drug-likeness (QED) is 0.499. The predicted octanol–water partition coefficient (Wildman–Crippen LogP) is 4.24. The fourth-order valence-corrected chi connectivity index (χ4v) is 4.17. The van der Waals surface area contributed by atoms with E-state index in [1.807, 2.05) is 7.05 Å². The molecule has 1 saturated heterocycles. The number of hydrogen-bond acceptors (Lipinski definition) is 6. The highest BCUT2D eigenvalue weighted by Crippen LogP contribution is 2.45. The first kappa shape index (κ1) is 28.1. The summed E-state index contributed by atoms with van der Waals surface area (Å²) in [6.45, 7) is 5.12. The minimum Gasteiger partial charge on any atom is -0.437 e. The summed E-state index contributed by atoms with van der Waals surface area (Å²) in [5.74, 6) is -1.14. The van der Waals surface area contributed by atoms with Crippen LogP contribution in [0.4, 0.5) is 13.2 Å². The minimum atomic E-state index is -4.57. The number of halogens is 4. The first-order valence-corrected chi connectivity index (χ1v) is 12.7. The van der Waals surface area contributed by atoms with Crippen molar-refractivity contribution in [2.45, 2.75) is 32.0 Å². The van der Waals surface area contributed by atoms with Crippen molar-refractivity contribution in [3.8, 4) is 11.6 Å². The molecule has 2 heterocycles. The zero-order chi connectivity index (χ0) is 27.5. The van der Waals surface area contributed by atoms with Gasteiger partial charge in [0.15, 0.2) is 0 Å². The molecule has 2 fully saturated rings. The van der Waals surface area contributed by atoms with Gasteiger partial charge in [0.2, 0.25) is 11.8 Å². The summed E-state index contributed by atoms with van der Waals surface area (Å²) in [6.07, 6.45) is -1.09. The monoisotopic (exact) mass is 554 g/mol. The van der Waals surface area contributed by atoms with Gasteiger partial charge in [-0.05, 0) is 55.6 Å². The molecule has 0 radical (unpaired) electrons. The van der Waals surface area contributed by atoms with Crippen LogP contribution in [0.25, 0.3) is 0 Å². The maximum absolute atomic E-state index is 13.3. The number of benzene rings is 1. The average molecular weight is 555 g/mol. The van der Waals surface area contributed by atoms with Gasteiger partial charge >= 0.3 is 6.18 Å². The number of pyridine rings is 1. The molecule has 2 amide bonds. The van der Waals surface area contributed by atoms with Gasteiger partial charge in [0.25, 0.3) is 5.91 Å². The number of rotatable bonds is 9. The molecule has 0 spiro atoms. The number of ether oxygens (including phenoxy) is 2. The van der Waals surface area contributed by atoms with Crippen LogP contribution in [0.2, 0.25) is 5.02 Å². The maximum atomic E-state index is 13.3. The molecule has 12 heteroatoms. The standard InChI is InChI=1S/C26H30ClF3N4O4/c1-25(7-8-25)16-37-15-20(24(36)34-12-10-33(2)11-13-34)32-22(35)18-4-3-9-31-23(18)38-21-6-5-17(14-19(21)27)26(28,29)30/h3-6,9,14,20H,7-8,10-13,15-16H2,1-2H3,(H,32,35)/t20-/m1/s1. The van der Waals surface area contributed by atoms with Crippen LogP contribution in [0.5, 0.6) is 11.6 Å². The van der Waals surface area contributed by atoms with Crippen LogP contribution in [0.3, 0.4) is 0 Å². The van der Waals surface area contributed by atoms with Gasteiger partial charge < -0.3 is 24.6 Å². The van der Waals surface area contributed by atoms with Gasteiger partial charge in [-0.2, -0.15) is 13.2 Å². The van der Waals surface area contributed by atoms with Crippen molar-refractivity contribution >= 4 is 23.4 Å². The third-order valence-corrected chi connectivity index (χ3v) is 7.03. The van der Waals surface area contributed by atoms with E-state index in [-0.39, 0.29) is 40.1 Å². The van der Waals surface area contributed by atoms with Gasteiger partial charge in [0.1, 0.15) is 17.4 Å². The molecule has 0 unspecified atom stereocenters. The second-order valence-electron chi connectivity index (χ2n) is 10.1. The summed E-state index contributed by atoms with van der Waals surface area (Å²) in [5, 5.41) is 2.46. The fraction of sp³-hybridized carbons (Fsp3) is 0.500. The molecule has 1 N–H and O–H groups in total. The molecule has 1 aromatic carbocycles. The van der Waals surface area contributed by atoms with E-state index in [9.17, 15) is 22.8 Å². The number of hydrogen-bond donors (Lipinski definition) is 1. The molecule has 1 aromatic heterocycles. The van der Waals surface area contributed by atoms with Crippen molar-refractivity contribution in [2.75, 3.05) is 46.4 Å². The molecule has 0 bridgehead atoms. The molecule has 206 valence electrons. The van der Waals surface area contributed by atoms with Crippen LogP contribution in [0.15, 0.2) is 36.5 Å². The Morgan fingerprint density at radius 1 is 1.18 bits per heavy atom. The van der Waals surface area contributed by atoms with E-state index >= 15 is 0 Å². The van der Waals surface area contributed by atoms with Crippen LogP contribution < -0.4 is 10.1 Å². The van der Waals surface area contributed by atoms with E-state index < -0.39 is 23.7 Å². The summed E-state index contributed by atoms with van der Waals surface area (Å²) < 4.78 is 50.4. The number of carbonyl (C=O) groups excluding carboxylic acids is 2. The van der Waals surface area contributed by atoms with E-state index in [4.69, 9.17) is 21.1 Å². The number of piperazine rings is 1. The molecule has 4 rings (SSSR count). The molecular formula is C26H30ClF3N4O4. The van der Waals surface area contributed by atoms with E-state index in [0.29, 0.717) is 19.7 Å². The van der Waals surface area contributed by atoms with Gasteiger partial charge in [-0.1, -0.05) is 18.5 Å². The van der Waals surface area contributed by atoms with Crippen molar-refractivity contribution in [2.24, 2.45) is 5.41 Å². The Kier molecular flexibility index (Phi) is 8.49. The molecule has 1 saturated carbocycles. The number of likely N-dealkylation sites (N-methyl/N-ethyl adjacent to an activating group) is 1. The highest BCUT2D eigenvalue weighted by atomic mass is 35.5. The van der Waals surface area contributed by atoms with Crippen molar-refractivity contribution in [1.29, 1.82) is 0 Å². The zero-order valence-electron chi connectivity index (χ0n) is 21.2. The van der Waals surface area contributed by atoms with E-state index in [1.165, 1.54) is 18.3 Å². The zero-order valence-corrected chi connectivity index (χ0v) is 21.9. The summed E-state index contributed by atoms with van der Waals surface area (Å²) in [6, 6.07) is 4.65.